The van der Waals surface area contributed by atoms with Crippen molar-refractivity contribution < 1.29 is 0 Å². The number of aromatic amines is 1. The van der Waals surface area contributed by atoms with Gasteiger partial charge >= 0.3 is 0 Å². The molecule has 0 amide bonds. The summed E-state index contributed by atoms with van der Waals surface area (Å²) in [7, 11) is 0. The standard InChI is InChI=1S/C18H19N5/c1-2-4-15(14(3-1)13-5-7-19-8-6-13)17-16(11-20-12-23-17)18-21-9-10-22-18/h1-4,9-13,19H,5-8H2,(H,21,22). The molecule has 4 rings (SSSR count). The molecular formula is C18H19N5. The predicted molar refractivity (Wildman–Crippen MR) is 89.9 cm³/mol. The highest BCUT2D eigenvalue weighted by Gasteiger charge is 2.21. The van der Waals surface area contributed by atoms with Crippen molar-refractivity contribution in [3.8, 4) is 22.6 Å². The highest BCUT2D eigenvalue weighted by molar-refractivity contribution is 5.78. The number of benzene rings is 1. The Morgan fingerprint density at radius 2 is 1.87 bits per heavy atom. The summed E-state index contributed by atoms with van der Waals surface area (Å²) < 4.78 is 0. The van der Waals surface area contributed by atoms with Gasteiger partial charge < -0.3 is 10.3 Å². The molecule has 0 unspecified atom stereocenters. The van der Waals surface area contributed by atoms with Crippen LogP contribution in [0.2, 0.25) is 0 Å². The van der Waals surface area contributed by atoms with E-state index in [1.807, 2.05) is 12.4 Å². The largest absolute Gasteiger partial charge is 0.345 e. The van der Waals surface area contributed by atoms with Crippen molar-refractivity contribution in [3.05, 3.63) is 54.7 Å². The van der Waals surface area contributed by atoms with Gasteiger partial charge in [0.25, 0.3) is 0 Å². The summed E-state index contributed by atoms with van der Waals surface area (Å²) in [6.07, 6.45) is 9.35. The Morgan fingerprint density at radius 1 is 1.00 bits per heavy atom. The highest BCUT2D eigenvalue weighted by atomic mass is 14.9. The smallest absolute Gasteiger partial charge is 0.141 e. The van der Waals surface area contributed by atoms with Crippen molar-refractivity contribution >= 4 is 0 Å². The lowest BCUT2D eigenvalue weighted by molar-refractivity contribution is 0.461. The van der Waals surface area contributed by atoms with Gasteiger partial charge in [0.2, 0.25) is 0 Å². The first-order chi connectivity index (χ1) is 11.4. The van der Waals surface area contributed by atoms with Gasteiger partial charge in [0.1, 0.15) is 12.2 Å². The van der Waals surface area contributed by atoms with Crippen LogP contribution in [-0.4, -0.2) is 33.0 Å². The van der Waals surface area contributed by atoms with E-state index in [2.05, 4.69) is 49.5 Å². The minimum Gasteiger partial charge on any atom is -0.345 e. The molecule has 1 fully saturated rings. The Morgan fingerprint density at radius 3 is 2.70 bits per heavy atom. The fourth-order valence-corrected chi connectivity index (χ4v) is 3.33. The zero-order chi connectivity index (χ0) is 15.5. The third-order valence-electron chi connectivity index (χ3n) is 4.46. The highest BCUT2D eigenvalue weighted by Crippen LogP contribution is 2.36. The molecule has 1 aromatic carbocycles. The van der Waals surface area contributed by atoms with Crippen LogP contribution in [0.1, 0.15) is 24.3 Å². The van der Waals surface area contributed by atoms with Crippen molar-refractivity contribution in [2.75, 3.05) is 13.1 Å². The van der Waals surface area contributed by atoms with Crippen LogP contribution >= 0.6 is 0 Å². The lowest BCUT2D eigenvalue weighted by atomic mass is 9.85. The molecule has 3 aromatic rings. The van der Waals surface area contributed by atoms with Crippen LogP contribution in [0.25, 0.3) is 22.6 Å². The lowest BCUT2D eigenvalue weighted by Crippen LogP contribution is -2.26. The van der Waals surface area contributed by atoms with Crippen LogP contribution in [-0.2, 0) is 0 Å². The molecule has 23 heavy (non-hydrogen) atoms. The minimum absolute atomic E-state index is 0.576. The van der Waals surface area contributed by atoms with E-state index in [4.69, 9.17) is 0 Å². The fraction of sp³-hybridized carbons (Fsp3) is 0.278. The number of imidazole rings is 1. The van der Waals surface area contributed by atoms with E-state index >= 15 is 0 Å². The molecule has 0 bridgehead atoms. The van der Waals surface area contributed by atoms with Gasteiger partial charge in [0.15, 0.2) is 0 Å². The van der Waals surface area contributed by atoms with E-state index in [0.29, 0.717) is 5.92 Å². The van der Waals surface area contributed by atoms with Gasteiger partial charge in [-0.05, 0) is 37.4 Å². The maximum atomic E-state index is 4.57. The van der Waals surface area contributed by atoms with Crippen LogP contribution in [0.4, 0.5) is 0 Å². The van der Waals surface area contributed by atoms with Crippen molar-refractivity contribution in [3.63, 3.8) is 0 Å². The molecule has 1 aliphatic rings. The normalized spacial score (nSPS) is 15.7. The third kappa shape index (κ3) is 2.75. The van der Waals surface area contributed by atoms with Crippen LogP contribution in [0.3, 0.4) is 0 Å². The van der Waals surface area contributed by atoms with Crippen molar-refractivity contribution in [1.29, 1.82) is 0 Å². The van der Waals surface area contributed by atoms with E-state index in [9.17, 15) is 0 Å². The molecule has 3 heterocycles. The molecule has 0 atom stereocenters. The maximum Gasteiger partial charge on any atom is 0.141 e. The van der Waals surface area contributed by atoms with Gasteiger partial charge in [-0.25, -0.2) is 15.0 Å². The number of piperidine rings is 1. The molecular weight excluding hydrogens is 286 g/mol. The molecule has 2 N–H and O–H groups in total. The van der Waals surface area contributed by atoms with Gasteiger partial charge in [-0.3, -0.25) is 0 Å². The van der Waals surface area contributed by atoms with Gasteiger partial charge in [0, 0.05) is 24.2 Å². The van der Waals surface area contributed by atoms with Gasteiger partial charge in [-0.1, -0.05) is 24.3 Å². The van der Waals surface area contributed by atoms with E-state index in [0.717, 1.165) is 43.0 Å². The molecule has 0 spiro atoms. The minimum atomic E-state index is 0.576. The zero-order valence-electron chi connectivity index (χ0n) is 12.9. The average Bonchev–Trinajstić information content (AvgIpc) is 3.17. The second kappa shape index (κ2) is 6.30. The van der Waals surface area contributed by atoms with Gasteiger partial charge in [-0.15, -0.1) is 0 Å². The molecule has 0 aliphatic carbocycles. The Balaban J connectivity index is 1.83. The summed E-state index contributed by atoms with van der Waals surface area (Å²) in [5.74, 6) is 1.38. The molecule has 2 aromatic heterocycles. The molecule has 0 radical (unpaired) electrons. The first-order valence-corrected chi connectivity index (χ1v) is 8.03. The first-order valence-electron chi connectivity index (χ1n) is 8.03. The summed E-state index contributed by atoms with van der Waals surface area (Å²) in [6.45, 7) is 2.15. The van der Waals surface area contributed by atoms with E-state index in [1.165, 1.54) is 11.1 Å². The van der Waals surface area contributed by atoms with Crippen LogP contribution in [0, 0.1) is 0 Å². The maximum absolute atomic E-state index is 4.57. The SMILES string of the molecule is c1ccc(C2CCNCC2)c(-c2ncncc2-c2ncc[nH]2)c1. The molecule has 1 saturated heterocycles. The van der Waals surface area contributed by atoms with Crippen molar-refractivity contribution in [1.82, 2.24) is 25.3 Å². The number of H-pyrrole nitrogens is 1. The molecule has 5 heteroatoms. The number of nitrogens with zero attached hydrogens (tertiary/aromatic N) is 3. The van der Waals surface area contributed by atoms with E-state index in [-0.39, 0.29) is 0 Å². The van der Waals surface area contributed by atoms with Gasteiger partial charge in [-0.2, -0.15) is 0 Å². The second-order valence-electron chi connectivity index (χ2n) is 5.83. The number of nitrogens with one attached hydrogen (secondary N) is 2. The fourth-order valence-electron chi connectivity index (χ4n) is 3.33. The average molecular weight is 305 g/mol. The Kier molecular flexibility index (Phi) is 3.86. The number of hydrogen-bond acceptors (Lipinski definition) is 4. The number of hydrogen-bond donors (Lipinski definition) is 2. The predicted octanol–water partition coefficient (Wildman–Crippen LogP) is 3.00. The van der Waals surface area contributed by atoms with Crippen LogP contribution in [0.5, 0.6) is 0 Å². The van der Waals surface area contributed by atoms with Crippen molar-refractivity contribution in [2.45, 2.75) is 18.8 Å². The Hall–Kier alpha value is -2.53. The lowest BCUT2D eigenvalue weighted by Gasteiger charge is -2.25. The topological polar surface area (TPSA) is 66.5 Å². The van der Waals surface area contributed by atoms with Crippen molar-refractivity contribution in [2.24, 2.45) is 0 Å². The Bertz CT molecular complexity index is 776. The number of aromatic nitrogens is 4. The third-order valence-corrected chi connectivity index (χ3v) is 4.46. The summed E-state index contributed by atoms with van der Waals surface area (Å²) in [5.41, 5.74) is 4.46. The van der Waals surface area contributed by atoms with Crippen LogP contribution in [0.15, 0.2) is 49.2 Å². The van der Waals surface area contributed by atoms with Crippen LogP contribution < -0.4 is 5.32 Å². The van der Waals surface area contributed by atoms with E-state index < -0.39 is 0 Å². The zero-order valence-corrected chi connectivity index (χ0v) is 12.9. The first kappa shape index (κ1) is 14.1. The molecule has 116 valence electrons. The summed E-state index contributed by atoms with van der Waals surface area (Å²) >= 11 is 0. The molecule has 1 aliphatic heterocycles. The van der Waals surface area contributed by atoms with E-state index in [1.54, 1.807) is 12.5 Å². The van der Waals surface area contributed by atoms with Gasteiger partial charge in [0.05, 0.1) is 11.3 Å². The Labute approximate surface area is 135 Å². The molecule has 0 saturated carbocycles. The quantitative estimate of drug-likeness (QED) is 0.780. The summed E-state index contributed by atoms with van der Waals surface area (Å²) in [5, 5.41) is 3.44. The monoisotopic (exact) mass is 305 g/mol. The second-order valence-corrected chi connectivity index (χ2v) is 5.83. The summed E-state index contributed by atoms with van der Waals surface area (Å²) in [6, 6.07) is 8.59. The summed E-state index contributed by atoms with van der Waals surface area (Å²) in [4.78, 5) is 16.3. The molecule has 5 nitrogen and oxygen atoms in total. The number of rotatable bonds is 3.